The molecule has 454 valence electrons. The second-order valence-corrected chi connectivity index (χ2v) is 24.5. The summed E-state index contributed by atoms with van der Waals surface area (Å²) in [5.41, 5.74) is 24.5. The number of nitriles is 3. The highest BCUT2D eigenvalue weighted by molar-refractivity contribution is 6.14. The lowest BCUT2D eigenvalue weighted by Gasteiger charge is -2.17. The number of hydrogen-bond acceptors (Lipinski definition) is 6. The van der Waals surface area contributed by atoms with Gasteiger partial charge in [0.2, 0.25) is 0 Å². The first-order chi connectivity index (χ1) is 48.4. The Kier molecular flexibility index (Phi) is 14.5. The molecule has 0 amide bonds. The van der Waals surface area contributed by atoms with Gasteiger partial charge in [-0.1, -0.05) is 206 Å². The van der Waals surface area contributed by atoms with E-state index in [1.165, 1.54) is 0 Å². The van der Waals surface area contributed by atoms with Crippen molar-refractivity contribution < 1.29 is 0 Å². The zero-order valence-corrected chi connectivity index (χ0v) is 52.8. The molecule has 0 aliphatic rings. The topological polar surface area (TPSA) is 120 Å². The fourth-order valence-corrected chi connectivity index (χ4v) is 13.8. The van der Waals surface area contributed by atoms with Crippen molar-refractivity contribution in [3.05, 3.63) is 344 Å². The molecule has 0 fully saturated rings. The van der Waals surface area contributed by atoms with Gasteiger partial charge in [0.05, 0.1) is 68.3 Å². The second-order valence-electron chi connectivity index (χ2n) is 24.5. The smallest absolute Gasteiger partial charge is 0.164 e. The van der Waals surface area contributed by atoms with Crippen molar-refractivity contribution in [3.63, 3.8) is 0 Å². The zero-order chi connectivity index (χ0) is 65.6. The summed E-state index contributed by atoms with van der Waals surface area (Å²) in [5.74, 6) is 1.37. The highest BCUT2D eigenvalue weighted by Gasteiger charge is 2.24. The molecule has 98 heavy (non-hydrogen) atoms. The van der Waals surface area contributed by atoms with Crippen LogP contribution < -0.4 is 0 Å². The summed E-state index contributed by atoms with van der Waals surface area (Å²) in [6.45, 7) is 0. The highest BCUT2D eigenvalue weighted by atomic mass is 15.0. The molecule has 0 saturated heterocycles. The summed E-state index contributed by atoms with van der Waals surface area (Å²) in [6.07, 6.45) is 0. The molecule has 0 radical (unpaired) electrons. The third-order valence-corrected chi connectivity index (χ3v) is 18.7. The van der Waals surface area contributed by atoms with Gasteiger partial charge in [-0.2, -0.15) is 15.8 Å². The number of rotatable bonds is 12. The van der Waals surface area contributed by atoms with Crippen molar-refractivity contribution in [3.8, 4) is 142 Å². The van der Waals surface area contributed by atoms with Gasteiger partial charge in [-0.05, 0) is 188 Å². The summed E-state index contributed by atoms with van der Waals surface area (Å²) in [4.78, 5) is 16.3. The van der Waals surface area contributed by atoms with Gasteiger partial charge < -0.3 is 9.13 Å². The van der Waals surface area contributed by atoms with Crippen LogP contribution in [0.15, 0.2) is 328 Å². The van der Waals surface area contributed by atoms with E-state index in [-0.39, 0.29) is 0 Å². The molecule has 0 atom stereocenters. The Hall–Kier alpha value is -13.8. The van der Waals surface area contributed by atoms with Gasteiger partial charge in [0.1, 0.15) is 0 Å². The predicted molar refractivity (Wildman–Crippen MR) is 397 cm³/mol. The van der Waals surface area contributed by atoms with E-state index >= 15 is 0 Å². The van der Waals surface area contributed by atoms with E-state index in [0.29, 0.717) is 34.2 Å². The maximum Gasteiger partial charge on any atom is 0.164 e. The fraction of sp³-hybridized carbons (Fsp3) is 0. The first-order valence-electron chi connectivity index (χ1n) is 32.5. The van der Waals surface area contributed by atoms with Crippen LogP contribution in [-0.4, -0.2) is 24.1 Å². The van der Waals surface area contributed by atoms with Crippen LogP contribution in [0.5, 0.6) is 0 Å². The van der Waals surface area contributed by atoms with Crippen LogP contribution in [0.2, 0.25) is 0 Å². The van der Waals surface area contributed by atoms with Crippen LogP contribution in [-0.2, 0) is 0 Å². The Balaban J connectivity index is 0.877. The second kappa shape index (κ2) is 24.6. The number of nitrogens with zero attached hydrogens (tertiary/aromatic N) is 8. The lowest BCUT2D eigenvalue weighted by atomic mass is 9.98. The number of hydrogen-bond donors (Lipinski definition) is 0. The predicted octanol–water partition coefficient (Wildman–Crippen LogP) is 22.4. The molecule has 8 nitrogen and oxygen atoms in total. The van der Waals surface area contributed by atoms with Crippen molar-refractivity contribution in [1.29, 1.82) is 15.8 Å². The Labute approximate surface area is 566 Å². The van der Waals surface area contributed by atoms with Crippen molar-refractivity contribution in [2.24, 2.45) is 0 Å². The molecule has 0 saturated carbocycles. The Morgan fingerprint density at radius 2 is 0.480 bits per heavy atom. The van der Waals surface area contributed by atoms with E-state index in [1.54, 1.807) is 0 Å². The minimum Gasteiger partial charge on any atom is -0.309 e. The van der Waals surface area contributed by atoms with Gasteiger partial charge in [-0.15, -0.1) is 0 Å². The fourth-order valence-electron chi connectivity index (χ4n) is 13.8. The number of aromatic nitrogens is 5. The molecule has 0 unspecified atom stereocenters. The van der Waals surface area contributed by atoms with E-state index < -0.39 is 0 Å². The van der Waals surface area contributed by atoms with E-state index in [4.69, 9.17) is 15.0 Å². The Morgan fingerprint density at radius 3 is 0.827 bits per heavy atom. The molecule has 0 spiro atoms. The van der Waals surface area contributed by atoms with E-state index in [1.807, 2.05) is 121 Å². The minimum absolute atomic E-state index is 0.453. The number of fused-ring (bicyclic) bond motifs is 6. The molecule has 3 aromatic heterocycles. The van der Waals surface area contributed by atoms with Gasteiger partial charge in [-0.25, -0.2) is 15.0 Å². The molecular weight excluding hydrogens is 1190 g/mol. The van der Waals surface area contributed by atoms with Crippen LogP contribution in [0.25, 0.3) is 167 Å². The Bertz CT molecular complexity index is 5580. The van der Waals surface area contributed by atoms with E-state index in [2.05, 4.69) is 234 Å². The highest BCUT2D eigenvalue weighted by Crippen LogP contribution is 2.44. The van der Waals surface area contributed by atoms with Crippen LogP contribution in [0.3, 0.4) is 0 Å². The summed E-state index contributed by atoms with van der Waals surface area (Å²) < 4.78 is 4.72. The van der Waals surface area contributed by atoms with E-state index in [0.717, 1.165) is 150 Å². The zero-order valence-electron chi connectivity index (χ0n) is 52.8. The molecule has 0 aliphatic heterocycles. The van der Waals surface area contributed by atoms with Crippen molar-refractivity contribution >= 4 is 43.6 Å². The first kappa shape index (κ1) is 58.0. The summed E-state index contributed by atoms with van der Waals surface area (Å²) >= 11 is 0. The normalized spacial score (nSPS) is 11.2. The van der Waals surface area contributed by atoms with Crippen LogP contribution >= 0.6 is 0 Å². The molecular formula is C90H54N8. The standard InChI is InChI=1S/C90H54N8/c91-55-58-24-28-66(29-25-58)76-53-74(40-46-82(76)97-84-42-36-70(61-15-5-1-6-16-61)49-78(84)79-50-71(37-43-85(79)97)62-17-7-2-8-18-62)89-94-88(68-34-32-65(33-35-68)69-23-13-14-60(48-69)57-93)95-90(96-89)75-41-47-83(77(54-75)67-30-26-59(56-92)27-31-67)98-86-44-38-72(63-19-9-3-10-20-63)51-80(86)81-52-73(39-45-87(81)98)64-21-11-4-12-22-64/h1-54H. The van der Waals surface area contributed by atoms with Crippen molar-refractivity contribution in [2.45, 2.75) is 0 Å². The van der Waals surface area contributed by atoms with Gasteiger partial charge in [0.25, 0.3) is 0 Å². The number of benzene rings is 14. The largest absolute Gasteiger partial charge is 0.309 e. The first-order valence-corrected chi connectivity index (χ1v) is 32.5. The van der Waals surface area contributed by atoms with Crippen LogP contribution in [0.4, 0.5) is 0 Å². The summed E-state index contributed by atoms with van der Waals surface area (Å²) in [7, 11) is 0. The molecule has 0 bridgehead atoms. The molecule has 17 rings (SSSR count). The SMILES string of the molecule is N#Cc1ccc(-c2cc(-c3nc(-c4ccc(-c5cccc(C#N)c5)cc4)nc(-c4ccc(-n5c6ccc(-c7ccccc7)cc6c6cc(-c7ccccc7)ccc65)c(-c5ccc(C#N)cc5)c4)n3)ccc2-n2c3ccc(-c4ccccc4)cc3c3cc(-c4ccccc4)ccc32)cc1. The minimum atomic E-state index is 0.453. The van der Waals surface area contributed by atoms with Crippen molar-refractivity contribution in [1.82, 2.24) is 24.1 Å². The van der Waals surface area contributed by atoms with Crippen LogP contribution in [0, 0.1) is 34.0 Å². The molecule has 17 aromatic rings. The maximum absolute atomic E-state index is 10.1. The molecule has 0 N–H and O–H groups in total. The lowest BCUT2D eigenvalue weighted by molar-refractivity contribution is 1.07. The van der Waals surface area contributed by atoms with Gasteiger partial charge >= 0.3 is 0 Å². The van der Waals surface area contributed by atoms with Gasteiger partial charge in [-0.3, -0.25) is 0 Å². The summed E-state index contributed by atoms with van der Waals surface area (Å²) in [6, 6.07) is 120. The molecule has 3 heterocycles. The van der Waals surface area contributed by atoms with Crippen LogP contribution in [0.1, 0.15) is 16.7 Å². The molecule has 14 aromatic carbocycles. The van der Waals surface area contributed by atoms with Gasteiger partial charge in [0, 0.05) is 49.4 Å². The summed E-state index contributed by atoms with van der Waals surface area (Å²) in [5, 5.41) is 34.5. The quantitative estimate of drug-likeness (QED) is 0.120. The average Bonchev–Trinajstić information content (AvgIpc) is 1.60. The molecule has 0 aliphatic carbocycles. The third-order valence-electron chi connectivity index (χ3n) is 18.7. The maximum atomic E-state index is 10.1. The Morgan fingerprint density at radius 1 is 0.204 bits per heavy atom. The van der Waals surface area contributed by atoms with Crippen molar-refractivity contribution in [2.75, 3.05) is 0 Å². The third kappa shape index (κ3) is 10.6. The average molecular weight is 1250 g/mol. The van der Waals surface area contributed by atoms with E-state index in [9.17, 15) is 15.8 Å². The van der Waals surface area contributed by atoms with Gasteiger partial charge in [0.15, 0.2) is 17.5 Å². The molecule has 8 heteroatoms. The monoisotopic (exact) mass is 1250 g/mol. The lowest BCUT2D eigenvalue weighted by Crippen LogP contribution is -2.03.